The molecule has 0 unspecified atom stereocenters. The van der Waals surface area contributed by atoms with E-state index in [4.69, 9.17) is 4.42 Å². The smallest absolute Gasteiger partial charge is 0.191 e. The Kier molecular flexibility index (Phi) is 7.22. The van der Waals surface area contributed by atoms with Crippen molar-refractivity contribution in [1.29, 1.82) is 0 Å². The maximum absolute atomic E-state index is 5.32. The third-order valence-corrected chi connectivity index (χ3v) is 4.82. The number of thiophene rings is 1. The Labute approximate surface area is 158 Å². The molecule has 1 aliphatic rings. The highest BCUT2D eigenvalue weighted by Crippen LogP contribution is 2.24. The second kappa shape index (κ2) is 9.17. The van der Waals surface area contributed by atoms with E-state index in [1.54, 1.807) is 13.3 Å². The lowest BCUT2D eigenvalue weighted by Crippen LogP contribution is -2.48. The largest absolute Gasteiger partial charge is 0.467 e. The maximum Gasteiger partial charge on any atom is 0.191 e. The Morgan fingerprint density at radius 1 is 1.35 bits per heavy atom. The molecule has 0 atom stereocenters. The normalized spacial score (nSPS) is 16.0. The molecule has 7 heteroatoms. The van der Waals surface area contributed by atoms with Crippen LogP contribution in [0, 0.1) is 0 Å². The first-order valence-electron chi connectivity index (χ1n) is 7.63. The number of furan rings is 1. The zero-order chi connectivity index (χ0) is 15.2. The Balaban J connectivity index is 0.00000192. The summed E-state index contributed by atoms with van der Waals surface area (Å²) in [6.45, 7) is 2.83. The van der Waals surface area contributed by atoms with Gasteiger partial charge < -0.3 is 20.0 Å². The second-order valence-electron chi connectivity index (χ2n) is 5.36. The molecule has 0 aliphatic carbocycles. The summed E-state index contributed by atoms with van der Waals surface area (Å²) in [5.41, 5.74) is 0. The van der Waals surface area contributed by atoms with Gasteiger partial charge in [-0.05, 0) is 42.5 Å². The number of nitrogens with one attached hydrogen (secondary N) is 2. The number of anilines is 1. The van der Waals surface area contributed by atoms with Crippen LogP contribution in [0.5, 0.6) is 0 Å². The number of rotatable bonds is 4. The minimum atomic E-state index is 0. The van der Waals surface area contributed by atoms with Gasteiger partial charge in [-0.1, -0.05) is 0 Å². The predicted octanol–water partition coefficient (Wildman–Crippen LogP) is 3.29. The van der Waals surface area contributed by atoms with Crippen molar-refractivity contribution in [2.45, 2.75) is 25.4 Å². The fraction of sp³-hybridized carbons (Fsp3) is 0.438. The minimum absolute atomic E-state index is 0. The molecule has 0 spiro atoms. The summed E-state index contributed by atoms with van der Waals surface area (Å²) in [7, 11) is 1.80. The Morgan fingerprint density at radius 2 is 2.17 bits per heavy atom. The summed E-state index contributed by atoms with van der Waals surface area (Å²) in [4.78, 5) is 6.75. The summed E-state index contributed by atoms with van der Waals surface area (Å²) >= 11 is 1.81. The molecular weight excluding hydrogens is 423 g/mol. The van der Waals surface area contributed by atoms with E-state index >= 15 is 0 Å². The van der Waals surface area contributed by atoms with Crippen molar-refractivity contribution in [3.8, 4) is 0 Å². The van der Waals surface area contributed by atoms with E-state index in [2.05, 4.69) is 38.0 Å². The van der Waals surface area contributed by atoms with Crippen molar-refractivity contribution in [2.24, 2.45) is 4.99 Å². The van der Waals surface area contributed by atoms with E-state index in [1.807, 2.05) is 23.5 Å². The zero-order valence-electron chi connectivity index (χ0n) is 13.2. The molecule has 2 N–H and O–H groups in total. The van der Waals surface area contributed by atoms with E-state index in [0.29, 0.717) is 12.6 Å². The topological polar surface area (TPSA) is 52.8 Å². The number of aliphatic imine (C=N–C) groups is 1. The summed E-state index contributed by atoms with van der Waals surface area (Å²) < 4.78 is 5.32. The van der Waals surface area contributed by atoms with Gasteiger partial charge in [-0.3, -0.25) is 4.99 Å². The monoisotopic (exact) mass is 446 g/mol. The van der Waals surface area contributed by atoms with Crippen LogP contribution < -0.4 is 15.5 Å². The van der Waals surface area contributed by atoms with Gasteiger partial charge in [-0.25, -0.2) is 0 Å². The summed E-state index contributed by atoms with van der Waals surface area (Å²) in [6, 6.07) is 8.64. The van der Waals surface area contributed by atoms with Gasteiger partial charge in [-0.2, -0.15) is 0 Å². The molecule has 1 fully saturated rings. The predicted molar refractivity (Wildman–Crippen MR) is 107 cm³/mol. The van der Waals surface area contributed by atoms with Crippen LogP contribution in [0.1, 0.15) is 18.6 Å². The Bertz CT molecular complexity index is 577. The van der Waals surface area contributed by atoms with Crippen LogP contribution in [0.2, 0.25) is 0 Å². The van der Waals surface area contributed by atoms with Gasteiger partial charge >= 0.3 is 0 Å². The second-order valence-corrected chi connectivity index (χ2v) is 6.29. The molecule has 1 saturated heterocycles. The van der Waals surface area contributed by atoms with Crippen molar-refractivity contribution in [1.82, 2.24) is 10.6 Å². The van der Waals surface area contributed by atoms with Gasteiger partial charge in [-0.15, -0.1) is 35.3 Å². The van der Waals surface area contributed by atoms with Crippen molar-refractivity contribution < 1.29 is 4.42 Å². The van der Waals surface area contributed by atoms with Crippen LogP contribution in [-0.2, 0) is 6.54 Å². The number of guanidine groups is 1. The molecule has 0 bridgehead atoms. The van der Waals surface area contributed by atoms with Crippen molar-refractivity contribution in [3.05, 3.63) is 41.7 Å². The van der Waals surface area contributed by atoms with Crippen molar-refractivity contribution >= 4 is 46.3 Å². The summed E-state index contributed by atoms with van der Waals surface area (Å²) in [6.07, 6.45) is 3.94. The SMILES string of the molecule is CN=C(NCc1ccco1)NC1CCN(c2cccs2)CC1.I. The van der Waals surface area contributed by atoms with Gasteiger partial charge in [0.25, 0.3) is 0 Å². The third-order valence-electron chi connectivity index (χ3n) is 3.89. The molecule has 0 saturated carbocycles. The van der Waals surface area contributed by atoms with E-state index < -0.39 is 0 Å². The van der Waals surface area contributed by atoms with Gasteiger partial charge in [0.05, 0.1) is 17.8 Å². The number of hydrogen-bond donors (Lipinski definition) is 2. The fourth-order valence-electron chi connectivity index (χ4n) is 2.67. The highest BCUT2D eigenvalue weighted by Gasteiger charge is 2.20. The average Bonchev–Trinajstić information content (AvgIpc) is 3.25. The molecule has 0 amide bonds. The number of piperidine rings is 1. The van der Waals surface area contributed by atoms with E-state index in [0.717, 1.165) is 37.7 Å². The van der Waals surface area contributed by atoms with E-state index in [1.165, 1.54) is 5.00 Å². The molecule has 3 heterocycles. The van der Waals surface area contributed by atoms with E-state index in [9.17, 15) is 0 Å². The van der Waals surface area contributed by atoms with Crippen LogP contribution in [0.4, 0.5) is 5.00 Å². The van der Waals surface area contributed by atoms with Crippen molar-refractivity contribution in [2.75, 3.05) is 25.0 Å². The first kappa shape index (κ1) is 18.1. The molecular formula is C16H23IN4OS. The zero-order valence-corrected chi connectivity index (χ0v) is 16.3. The standard InChI is InChI=1S/C16H22N4OS.HI/c1-17-16(18-12-14-4-2-10-21-14)19-13-6-8-20(9-7-13)15-5-3-11-22-15;/h2-5,10-11,13H,6-9,12H2,1H3,(H2,17,18,19);1H. The molecule has 1 aliphatic heterocycles. The first-order chi connectivity index (χ1) is 10.8. The number of halogens is 1. The number of nitrogens with zero attached hydrogens (tertiary/aromatic N) is 2. The molecule has 2 aromatic rings. The maximum atomic E-state index is 5.32. The molecule has 126 valence electrons. The molecule has 2 aromatic heterocycles. The lowest BCUT2D eigenvalue weighted by atomic mass is 10.1. The lowest BCUT2D eigenvalue weighted by Gasteiger charge is -2.33. The molecule has 0 radical (unpaired) electrons. The van der Waals surface area contributed by atoms with Crippen LogP contribution in [0.15, 0.2) is 45.3 Å². The van der Waals surface area contributed by atoms with Crippen LogP contribution in [0.25, 0.3) is 0 Å². The molecule has 0 aromatic carbocycles. The van der Waals surface area contributed by atoms with Gasteiger partial charge in [0.2, 0.25) is 0 Å². The molecule has 23 heavy (non-hydrogen) atoms. The lowest BCUT2D eigenvalue weighted by molar-refractivity contribution is 0.458. The van der Waals surface area contributed by atoms with Crippen LogP contribution in [-0.4, -0.2) is 32.1 Å². The fourth-order valence-corrected chi connectivity index (χ4v) is 3.45. The first-order valence-corrected chi connectivity index (χ1v) is 8.51. The molecule has 3 rings (SSSR count). The van der Waals surface area contributed by atoms with Crippen molar-refractivity contribution in [3.63, 3.8) is 0 Å². The third kappa shape index (κ3) is 5.13. The Hall–Kier alpha value is -1.22. The van der Waals surface area contributed by atoms with E-state index in [-0.39, 0.29) is 24.0 Å². The van der Waals surface area contributed by atoms with Gasteiger partial charge in [0, 0.05) is 26.2 Å². The highest BCUT2D eigenvalue weighted by molar-refractivity contribution is 14.0. The summed E-state index contributed by atoms with van der Waals surface area (Å²) in [5.74, 6) is 1.75. The Morgan fingerprint density at radius 3 is 2.78 bits per heavy atom. The van der Waals surface area contributed by atoms with Gasteiger partial charge in [0.1, 0.15) is 5.76 Å². The van der Waals surface area contributed by atoms with Crippen LogP contribution in [0.3, 0.4) is 0 Å². The van der Waals surface area contributed by atoms with Gasteiger partial charge in [0.15, 0.2) is 5.96 Å². The number of hydrogen-bond acceptors (Lipinski definition) is 4. The average molecular weight is 446 g/mol. The quantitative estimate of drug-likeness (QED) is 0.430. The molecule has 5 nitrogen and oxygen atoms in total. The highest BCUT2D eigenvalue weighted by atomic mass is 127. The summed E-state index contributed by atoms with van der Waals surface area (Å²) in [5, 5.41) is 10.3. The van der Waals surface area contributed by atoms with Crippen LogP contribution >= 0.6 is 35.3 Å². The minimum Gasteiger partial charge on any atom is -0.467 e.